The van der Waals surface area contributed by atoms with E-state index in [1.54, 1.807) is 24.3 Å². The molecule has 4 heteroatoms. The van der Waals surface area contributed by atoms with E-state index in [2.05, 4.69) is 0 Å². The van der Waals surface area contributed by atoms with Crippen molar-refractivity contribution >= 4 is 18.3 Å². The third-order valence-electron chi connectivity index (χ3n) is 1.17. The largest absolute Gasteiger partial charge is 0.290 e. The van der Waals surface area contributed by atoms with Crippen LogP contribution >= 0.6 is 12.4 Å². The molecule has 1 amide bonds. The van der Waals surface area contributed by atoms with Gasteiger partial charge in [-0.2, -0.15) is 0 Å². The molecule has 0 aliphatic heterocycles. The van der Waals surface area contributed by atoms with Crippen LogP contribution in [0.2, 0.25) is 0 Å². The lowest BCUT2D eigenvalue weighted by Crippen LogP contribution is -2.29. The van der Waals surface area contributed by atoms with E-state index in [-0.39, 0.29) is 18.3 Å². The molecule has 0 atom stereocenters. The topological polar surface area (TPSA) is 55.1 Å². The minimum absolute atomic E-state index is 0. The molecule has 1 aromatic rings. The van der Waals surface area contributed by atoms with E-state index in [1.165, 1.54) is 0 Å². The number of nitrogens with two attached hydrogens (primary N) is 1. The molecule has 0 bridgehead atoms. The summed E-state index contributed by atoms with van der Waals surface area (Å²) in [7, 11) is 0. The molecule has 3 nitrogen and oxygen atoms in total. The molecule has 0 saturated carbocycles. The molecule has 1 aromatic carbocycles. The zero-order valence-corrected chi connectivity index (χ0v) is 6.60. The van der Waals surface area contributed by atoms with Crippen LogP contribution in [0.15, 0.2) is 30.3 Å². The van der Waals surface area contributed by atoms with Crippen molar-refractivity contribution < 1.29 is 4.79 Å². The van der Waals surface area contributed by atoms with Gasteiger partial charge in [0.1, 0.15) is 0 Å². The molecule has 60 valence electrons. The van der Waals surface area contributed by atoms with E-state index in [9.17, 15) is 4.79 Å². The summed E-state index contributed by atoms with van der Waals surface area (Å²) in [4.78, 5) is 10.8. The Bertz CT molecular complexity index is 225. The summed E-state index contributed by atoms with van der Waals surface area (Å²) >= 11 is 0. The second-order valence-corrected chi connectivity index (χ2v) is 1.84. The maximum Gasteiger partial charge on any atom is 0.265 e. The van der Waals surface area contributed by atoms with Crippen molar-refractivity contribution in [2.75, 3.05) is 0 Å². The minimum atomic E-state index is -0.263. The zero-order valence-electron chi connectivity index (χ0n) is 5.78. The highest BCUT2D eigenvalue weighted by molar-refractivity contribution is 5.93. The number of rotatable bonds is 1. The van der Waals surface area contributed by atoms with Gasteiger partial charge in [-0.1, -0.05) is 18.2 Å². The third kappa shape index (κ3) is 2.57. The summed E-state index contributed by atoms with van der Waals surface area (Å²) in [6, 6.07) is 8.80. The number of benzene rings is 1. The minimum Gasteiger partial charge on any atom is -0.290 e. The smallest absolute Gasteiger partial charge is 0.265 e. The molecule has 1 rings (SSSR count). The molecule has 0 saturated heterocycles. The molecule has 0 radical (unpaired) electrons. The van der Waals surface area contributed by atoms with Crippen LogP contribution in [0.5, 0.6) is 0 Å². The Balaban J connectivity index is 0.000001000. The second kappa shape index (κ2) is 4.71. The Labute approximate surface area is 71.0 Å². The van der Waals surface area contributed by atoms with E-state index >= 15 is 0 Å². The summed E-state index contributed by atoms with van der Waals surface area (Å²) < 4.78 is 0. The number of nitrogen functional groups attached to an aromatic ring is 1. The standard InChI is InChI=1S/C7H8N2O.ClH/c8-9-7(10)6-4-2-1-3-5-6;/h1-5H,8H2,(H,9,10);1H. The maximum absolute atomic E-state index is 10.8. The van der Waals surface area contributed by atoms with Crippen LogP contribution in [0, 0.1) is 0 Å². The van der Waals surface area contributed by atoms with Crippen LogP contribution in [0.3, 0.4) is 0 Å². The van der Waals surface area contributed by atoms with E-state index in [4.69, 9.17) is 5.84 Å². The van der Waals surface area contributed by atoms with Crippen molar-refractivity contribution in [1.29, 1.82) is 0 Å². The van der Waals surface area contributed by atoms with Crippen LogP contribution in [-0.4, -0.2) is 5.91 Å². The van der Waals surface area contributed by atoms with Crippen molar-refractivity contribution in [1.82, 2.24) is 5.43 Å². The van der Waals surface area contributed by atoms with Crippen LogP contribution in [0.4, 0.5) is 0 Å². The highest BCUT2D eigenvalue weighted by Crippen LogP contribution is 1.95. The van der Waals surface area contributed by atoms with Crippen molar-refractivity contribution in [3.05, 3.63) is 35.9 Å². The Hall–Kier alpha value is -1.06. The molecule has 0 aliphatic rings. The molecule has 0 spiro atoms. The van der Waals surface area contributed by atoms with Gasteiger partial charge < -0.3 is 0 Å². The van der Waals surface area contributed by atoms with E-state index in [0.29, 0.717) is 5.56 Å². The Kier molecular flexibility index (Phi) is 4.26. The number of carbonyl (C=O) groups excluding carboxylic acids is 1. The maximum atomic E-state index is 10.8. The lowest BCUT2D eigenvalue weighted by Gasteiger charge is -1.95. The van der Waals surface area contributed by atoms with Gasteiger partial charge in [0.25, 0.3) is 5.91 Å². The highest BCUT2D eigenvalue weighted by atomic mass is 35.5. The highest BCUT2D eigenvalue weighted by Gasteiger charge is 1.98. The van der Waals surface area contributed by atoms with Gasteiger partial charge in [-0.25, -0.2) is 5.84 Å². The van der Waals surface area contributed by atoms with E-state index in [0.717, 1.165) is 0 Å². The molecular weight excluding hydrogens is 164 g/mol. The first-order chi connectivity index (χ1) is 4.84. The van der Waals surface area contributed by atoms with Crippen molar-refractivity contribution in [3.63, 3.8) is 0 Å². The van der Waals surface area contributed by atoms with Crippen LogP contribution in [0.25, 0.3) is 0 Å². The quantitative estimate of drug-likeness (QED) is 0.373. The number of hydrazine groups is 1. The first-order valence-electron chi connectivity index (χ1n) is 2.90. The molecule has 0 fully saturated rings. The van der Waals surface area contributed by atoms with Gasteiger partial charge in [-0.3, -0.25) is 10.2 Å². The van der Waals surface area contributed by atoms with Gasteiger partial charge >= 0.3 is 0 Å². The summed E-state index contributed by atoms with van der Waals surface area (Å²) in [6.45, 7) is 0. The van der Waals surface area contributed by atoms with Gasteiger partial charge in [0.05, 0.1) is 0 Å². The summed E-state index contributed by atoms with van der Waals surface area (Å²) in [5, 5.41) is 0. The average Bonchev–Trinajstić information content (AvgIpc) is 2.05. The molecular formula is C7H9ClN2O. The number of nitrogens with one attached hydrogen (secondary N) is 1. The third-order valence-corrected chi connectivity index (χ3v) is 1.17. The predicted molar refractivity (Wildman–Crippen MR) is 45.3 cm³/mol. The van der Waals surface area contributed by atoms with Crippen LogP contribution < -0.4 is 11.3 Å². The predicted octanol–water partition coefficient (Wildman–Crippen LogP) is 0.712. The first-order valence-corrected chi connectivity index (χ1v) is 2.90. The molecule has 11 heavy (non-hydrogen) atoms. The fourth-order valence-corrected chi connectivity index (χ4v) is 0.673. The molecule has 0 unspecified atom stereocenters. The molecule has 0 aliphatic carbocycles. The monoisotopic (exact) mass is 172 g/mol. The fourth-order valence-electron chi connectivity index (χ4n) is 0.673. The van der Waals surface area contributed by atoms with Gasteiger partial charge in [-0.15, -0.1) is 12.4 Å². The van der Waals surface area contributed by atoms with Crippen molar-refractivity contribution in [2.24, 2.45) is 5.84 Å². The SMILES string of the molecule is Cl.NNC(=O)c1ccccc1. The van der Waals surface area contributed by atoms with Gasteiger partial charge in [0.15, 0.2) is 0 Å². The Morgan fingerprint density at radius 2 is 1.82 bits per heavy atom. The van der Waals surface area contributed by atoms with Gasteiger partial charge in [-0.05, 0) is 12.1 Å². The van der Waals surface area contributed by atoms with Crippen LogP contribution in [0.1, 0.15) is 10.4 Å². The number of carbonyl (C=O) groups is 1. The summed E-state index contributed by atoms with van der Waals surface area (Å²) in [6.07, 6.45) is 0. The number of halogens is 1. The first kappa shape index (κ1) is 9.94. The zero-order chi connectivity index (χ0) is 7.40. The van der Waals surface area contributed by atoms with Crippen molar-refractivity contribution in [3.8, 4) is 0 Å². The molecule has 0 heterocycles. The van der Waals surface area contributed by atoms with Crippen LogP contribution in [-0.2, 0) is 0 Å². The fraction of sp³-hybridized carbons (Fsp3) is 0. The molecule has 0 aromatic heterocycles. The van der Waals surface area contributed by atoms with E-state index < -0.39 is 0 Å². The van der Waals surface area contributed by atoms with Crippen molar-refractivity contribution in [2.45, 2.75) is 0 Å². The Morgan fingerprint density at radius 1 is 1.27 bits per heavy atom. The lowest BCUT2D eigenvalue weighted by molar-refractivity contribution is 0.0953. The summed E-state index contributed by atoms with van der Waals surface area (Å²) in [5.74, 6) is 4.64. The van der Waals surface area contributed by atoms with E-state index in [1.807, 2.05) is 11.5 Å². The molecule has 3 N–H and O–H groups in total. The van der Waals surface area contributed by atoms with Gasteiger partial charge in [0.2, 0.25) is 0 Å². The normalized spacial score (nSPS) is 8.09. The summed E-state index contributed by atoms with van der Waals surface area (Å²) in [5.41, 5.74) is 2.62. The number of amides is 1. The second-order valence-electron chi connectivity index (χ2n) is 1.84. The lowest BCUT2D eigenvalue weighted by atomic mass is 10.2. The number of hydrogen-bond donors (Lipinski definition) is 2. The number of hydrogen-bond acceptors (Lipinski definition) is 2. The Morgan fingerprint density at radius 3 is 2.27 bits per heavy atom. The average molecular weight is 173 g/mol. The van der Waals surface area contributed by atoms with Gasteiger partial charge in [0, 0.05) is 5.56 Å².